The summed E-state index contributed by atoms with van der Waals surface area (Å²) in [5.41, 5.74) is 2.39. The molecule has 4 nitrogen and oxygen atoms in total. The van der Waals surface area contributed by atoms with E-state index in [1.54, 1.807) is 38.7 Å². The first kappa shape index (κ1) is 14.8. The van der Waals surface area contributed by atoms with Gasteiger partial charge in [-0.25, -0.2) is 0 Å². The first-order valence-electron chi connectivity index (χ1n) is 6.09. The number of aliphatic hydroxyl groups excluding tert-OH is 1. The molecular weight excluding hydrogens is 322 g/mol. The normalized spacial score (nSPS) is 12.1. The molecule has 2 aromatic rings. The molecule has 0 amide bonds. The molecular formula is C15H16BrNO3. The molecule has 0 fully saturated rings. The van der Waals surface area contributed by atoms with E-state index in [-0.39, 0.29) is 0 Å². The molecule has 0 aliphatic carbocycles. The number of hydrogen-bond acceptors (Lipinski definition) is 4. The quantitative estimate of drug-likeness (QED) is 0.930. The van der Waals surface area contributed by atoms with Crippen LogP contribution in [0.2, 0.25) is 0 Å². The van der Waals surface area contributed by atoms with E-state index >= 15 is 0 Å². The maximum absolute atomic E-state index is 10.6. The minimum Gasteiger partial charge on any atom is -0.495 e. The second kappa shape index (κ2) is 6.24. The van der Waals surface area contributed by atoms with Crippen molar-refractivity contribution < 1.29 is 14.6 Å². The SMILES string of the molecule is COc1ccc(C(O)c2cnccc2C)c(OC)c1Br. The molecule has 5 heteroatoms. The summed E-state index contributed by atoms with van der Waals surface area (Å²) in [5.74, 6) is 1.21. The van der Waals surface area contributed by atoms with Crippen LogP contribution < -0.4 is 9.47 Å². The second-order valence-electron chi connectivity index (χ2n) is 4.34. The zero-order valence-electron chi connectivity index (χ0n) is 11.6. The summed E-state index contributed by atoms with van der Waals surface area (Å²) < 4.78 is 11.3. The number of nitrogens with zero attached hydrogens (tertiary/aromatic N) is 1. The van der Waals surface area contributed by atoms with Gasteiger partial charge >= 0.3 is 0 Å². The Kier molecular flexibility index (Phi) is 4.62. The van der Waals surface area contributed by atoms with Crippen molar-refractivity contribution in [2.75, 3.05) is 14.2 Å². The van der Waals surface area contributed by atoms with Crippen LogP contribution >= 0.6 is 15.9 Å². The Labute approximate surface area is 126 Å². The van der Waals surface area contributed by atoms with Crippen LogP contribution in [0.15, 0.2) is 35.1 Å². The lowest BCUT2D eigenvalue weighted by atomic mass is 9.98. The van der Waals surface area contributed by atoms with E-state index in [0.29, 0.717) is 21.5 Å². The molecule has 0 saturated carbocycles. The van der Waals surface area contributed by atoms with E-state index in [9.17, 15) is 5.11 Å². The molecule has 0 saturated heterocycles. The Morgan fingerprint density at radius 2 is 1.90 bits per heavy atom. The van der Waals surface area contributed by atoms with E-state index in [1.807, 2.05) is 13.0 Å². The minimum absolute atomic E-state index is 0.556. The number of ether oxygens (including phenoxy) is 2. The molecule has 0 aliphatic rings. The van der Waals surface area contributed by atoms with Crippen LogP contribution in [-0.2, 0) is 0 Å². The van der Waals surface area contributed by atoms with Gasteiger partial charge in [-0.3, -0.25) is 4.98 Å². The Balaban J connectivity index is 2.53. The average molecular weight is 338 g/mol. The summed E-state index contributed by atoms with van der Waals surface area (Å²) in [6, 6.07) is 5.44. The van der Waals surface area contributed by atoms with Crippen LogP contribution in [0.1, 0.15) is 22.8 Å². The Morgan fingerprint density at radius 1 is 1.15 bits per heavy atom. The fourth-order valence-electron chi connectivity index (χ4n) is 2.06. The highest BCUT2D eigenvalue weighted by atomic mass is 79.9. The van der Waals surface area contributed by atoms with Gasteiger partial charge in [0, 0.05) is 23.5 Å². The van der Waals surface area contributed by atoms with Crippen molar-refractivity contribution in [1.82, 2.24) is 4.98 Å². The topological polar surface area (TPSA) is 51.6 Å². The molecule has 1 N–H and O–H groups in total. The number of pyridine rings is 1. The van der Waals surface area contributed by atoms with Crippen molar-refractivity contribution in [2.45, 2.75) is 13.0 Å². The second-order valence-corrected chi connectivity index (χ2v) is 5.13. The highest BCUT2D eigenvalue weighted by molar-refractivity contribution is 9.10. The number of benzene rings is 1. The number of hydrogen-bond donors (Lipinski definition) is 1. The third-order valence-electron chi connectivity index (χ3n) is 3.18. The number of aromatic nitrogens is 1. The van der Waals surface area contributed by atoms with Gasteiger partial charge in [-0.15, -0.1) is 0 Å². The Morgan fingerprint density at radius 3 is 2.50 bits per heavy atom. The molecule has 1 atom stereocenters. The van der Waals surface area contributed by atoms with Crippen LogP contribution in [0.4, 0.5) is 0 Å². The smallest absolute Gasteiger partial charge is 0.142 e. The highest BCUT2D eigenvalue weighted by Gasteiger charge is 2.21. The lowest BCUT2D eigenvalue weighted by Gasteiger charge is -2.18. The van der Waals surface area contributed by atoms with Gasteiger partial charge in [0.05, 0.1) is 14.2 Å². The number of halogens is 1. The molecule has 20 heavy (non-hydrogen) atoms. The van der Waals surface area contributed by atoms with E-state index in [1.165, 1.54) is 0 Å². The maximum atomic E-state index is 10.6. The summed E-state index contributed by atoms with van der Waals surface area (Å²) >= 11 is 3.44. The molecule has 0 bridgehead atoms. The van der Waals surface area contributed by atoms with Crippen LogP contribution in [0.3, 0.4) is 0 Å². The van der Waals surface area contributed by atoms with Gasteiger partial charge in [0.15, 0.2) is 0 Å². The predicted octanol–water partition coefficient (Wildman–Crippen LogP) is 3.25. The molecule has 1 unspecified atom stereocenters. The molecule has 1 heterocycles. The van der Waals surface area contributed by atoms with Crippen molar-refractivity contribution >= 4 is 15.9 Å². The standard InChI is InChI=1S/C15H16BrNO3/c1-9-6-7-17-8-11(9)14(18)10-4-5-12(19-2)13(16)15(10)20-3/h4-8,14,18H,1-3H3. The van der Waals surface area contributed by atoms with Gasteiger partial charge in [0.2, 0.25) is 0 Å². The van der Waals surface area contributed by atoms with E-state index in [2.05, 4.69) is 20.9 Å². The fraction of sp³-hybridized carbons (Fsp3) is 0.267. The van der Waals surface area contributed by atoms with Gasteiger partial charge in [0.25, 0.3) is 0 Å². The Bertz CT molecular complexity index is 616. The van der Waals surface area contributed by atoms with Gasteiger partial charge in [0.1, 0.15) is 22.1 Å². The van der Waals surface area contributed by atoms with Crippen LogP contribution in [0, 0.1) is 6.92 Å². The van der Waals surface area contributed by atoms with Crippen LogP contribution in [-0.4, -0.2) is 24.3 Å². The fourth-order valence-corrected chi connectivity index (χ4v) is 2.75. The van der Waals surface area contributed by atoms with Crippen molar-refractivity contribution in [1.29, 1.82) is 0 Å². The zero-order valence-corrected chi connectivity index (χ0v) is 13.1. The molecule has 1 aromatic carbocycles. The molecule has 0 aliphatic heterocycles. The summed E-state index contributed by atoms with van der Waals surface area (Å²) in [5, 5.41) is 10.6. The minimum atomic E-state index is -0.805. The first-order chi connectivity index (χ1) is 9.60. The molecule has 2 rings (SSSR count). The van der Waals surface area contributed by atoms with Gasteiger partial charge in [-0.1, -0.05) is 0 Å². The molecule has 1 aromatic heterocycles. The largest absolute Gasteiger partial charge is 0.495 e. The summed E-state index contributed by atoms with van der Waals surface area (Å²) in [7, 11) is 3.15. The van der Waals surface area contributed by atoms with Crippen LogP contribution in [0.25, 0.3) is 0 Å². The third kappa shape index (κ3) is 2.64. The van der Waals surface area contributed by atoms with Gasteiger partial charge < -0.3 is 14.6 Å². The van der Waals surface area contributed by atoms with Gasteiger partial charge in [-0.05, 0) is 46.6 Å². The van der Waals surface area contributed by atoms with Crippen LogP contribution in [0.5, 0.6) is 11.5 Å². The third-order valence-corrected chi connectivity index (χ3v) is 3.94. The zero-order chi connectivity index (χ0) is 14.7. The summed E-state index contributed by atoms with van der Waals surface area (Å²) in [4.78, 5) is 4.07. The average Bonchev–Trinajstić information content (AvgIpc) is 2.46. The monoisotopic (exact) mass is 337 g/mol. The van der Waals surface area contributed by atoms with E-state index in [0.717, 1.165) is 11.1 Å². The summed E-state index contributed by atoms with van der Waals surface area (Å²) in [6.45, 7) is 1.94. The Hall–Kier alpha value is -1.59. The number of rotatable bonds is 4. The maximum Gasteiger partial charge on any atom is 0.142 e. The van der Waals surface area contributed by atoms with Crippen molar-refractivity contribution in [3.05, 3.63) is 51.8 Å². The van der Waals surface area contributed by atoms with Gasteiger partial charge in [-0.2, -0.15) is 0 Å². The lowest BCUT2D eigenvalue weighted by molar-refractivity contribution is 0.213. The summed E-state index contributed by atoms with van der Waals surface area (Å²) in [6.07, 6.45) is 2.56. The highest BCUT2D eigenvalue weighted by Crippen LogP contribution is 2.41. The molecule has 0 radical (unpaired) electrons. The molecule has 0 spiro atoms. The van der Waals surface area contributed by atoms with E-state index < -0.39 is 6.10 Å². The van der Waals surface area contributed by atoms with Crippen molar-refractivity contribution in [2.24, 2.45) is 0 Å². The lowest BCUT2D eigenvalue weighted by Crippen LogP contribution is -2.05. The first-order valence-corrected chi connectivity index (χ1v) is 6.88. The molecule has 106 valence electrons. The predicted molar refractivity (Wildman–Crippen MR) is 80.3 cm³/mol. The number of aryl methyl sites for hydroxylation is 1. The number of aliphatic hydroxyl groups is 1. The van der Waals surface area contributed by atoms with E-state index in [4.69, 9.17) is 9.47 Å². The van der Waals surface area contributed by atoms with Crippen molar-refractivity contribution in [3.63, 3.8) is 0 Å². The number of methoxy groups -OCH3 is 2. The van der Waals surface area contributed by atoms with Crippen molar-refractivity contribution in [3.8, 4) is 11.5 Å².